The van der Waals surface area contributed by atoms with E-state index >= 15 is 0 Å². The molecule has 0 spiro atoms. The molecule has 0 atom stereocenters. The Kier molecular flexibility index (Phi) is 5.99. The third kappa shape index (κ3) is 4.90. The quantitative estimate of drug-likeness (QED) is 0.739. The highest BCUT2D eigenvalue weighted by atomic mass is 19.4. The van der Waals surface area contributed by atoms with E-state index in [9.17, 15) is 18.0 Å². The lowest BCUT2D eigenvalue weighted by molar-refractivity contribution is -0.137. The van der Waals surface area contributed by atoms with Gasteiger partial charge in [-0.25, -0.2) is 0 Å². The minimum atomic E-state index is -4.41. The zero-order valence-electron chi connectivity index (χ0n) is 17.3. The Balaban J connectivity index is 1.32. The van der Waals surface area contributed by atoms with Gasteiger partial charge in [0.25, 0.3) is 5.91 Å². The first-order valence-electron chi connectivity index (χ1n) is 10.3. The molecule has 2 aliphatic heterocycles. The second-order valence-electron chi connectivity index (χ2n) is 7.89. The summed E-state index contributed by atoms with van der Waals surface area (Å²) in [4.78, 5) is 20.9. The van der Waals surface area contributed by atoms with Crippen LogP contribution >= 0.6 is 0 Å². The number of nitrogens with zero attached hydrogens (tertiary/aromatic N) is 6. The molecule has 0 bridgehead atoms. The zero-order valence-corrected chi connectivity index (χ0v) is 17.3. The fourth-order valence-corrected chi connectivity index (χ4v) is 3.81. The zero-order chi connectivity index (χ0) is 22.0. The Morgan fingerprint density at radius 2 is 1.26 bits per heavy atom. The largest absolute Gasteiger partial charge is 0.416 e. The lowest BCUT2D eigenvalue weighted by atomic mass is 10.1. The van der Waals surface area contributed by atoms with Crippen molar-refractivity contribution in [1.29, 1.82) is 0 Å². The van der Waals surface area contributed by atoms with Gasteiger partial charge in [-0.3, -0.25) is 4.79 Å². The first-order valence-corrected chi connectivity index (χ1v) is 10.3. The van der Waals surface area contributed by atoms with E-state index in [0.29, 0.717) is 26.2 Å². The number of aromatic nitrogens is 2. The number of hydrogen-bond donors (Lipinski definition) is 0. The second-order valence-corrected chi connectivity index (χ2v) is 7.89. The molecule has 1 aromatic carbocycles. The second kappa shape index (κ2) is 8.70. The van der Waals surface area contributed by atoms with Crippen LogP contribution in [0.15, 0.2) is 36.4 Å². The maximum absolute atomic E-state index is 12.7. The van der Waals surface area contributed by atoms with Gasteiger partial charge in [0.1, 0.15) is 0 Å². The molecule has 0 saturated carbocycles. The van der Waals surface area contributed by atoms with Crippen molar-refractivity contribution in [2.24, 2.45) is 0 Å². The van der Waals surface area contributed by atoms with Crippen LogP contribution in [0.2, 0.25) is 0 Å². The van der Waals surface area contributed by atoms with E-state index in [2.05, 4.69) is 31.9 Å². The van der Waals surface area contributed by atoms with Gasteiger partial charge in [-0.1, -0.05) is 0 Å². The van der Waals surface area contributed by atoms with Gasteiger partial charge in [-0.15, -0.1) is 10.2 Å². The summed E-state index contributed by atoms with van der Waals surface area (Å²) in [5, 5.41) is 8.74. The van der Waals surface area contributed by atoms with E-state index in [1.165, 1.54) is 12.1 Å². The number of amides is 1. The molecule has 7 nitrogen and oxygen atoms in total. The van der Waals surface area contributed by atoms with Crippen LogP contribution in [0.4, 0.5) is 24.8 Å². The minimum Gasteiger partial charge on any atom is -0.353 e. The number of halogens is 3. The monoisotopic (exact) mass is 434 g/mol. The summed E-state index contributed by atoms with van der Waals surface area (Å²) in [7, 11) is 2.11. The van der Waals surface area contributed by atoms with E-state index in [0.717, 1.165) is 49.9 Å². The van der Waals surface area contributed by atoms with Gasteiger partial charge >= 0.3 is 6.18 Å². The topological polar surface area (TPSA) is 55.8 Å². The molecular formula is C21H25F3N6O. The average molecular weight is 434 g/mol. The summed E-state index contributed by atoms with van der Waals surface area (Å²) in [6.07, 6.45) is -4.41. The number of piperazine rings is 2. The molecule has 10 heteroatoms. The van der Waals surface area contributed by atoms with Gasteiger partial charge in [-0.05, 0) is 43.4 Å². The van der Waals surface area contributed by atoms with Crippen molar-refractivity contribution in [2.75, 3.05) is 69.2 Å². The highest BCUT2D eigenvalue weighted by Gasteiger charge is 2.31. The first kappa shape index (κ1) is 21.4. The molecule has 0 radical (unpaired) electrons. The smallest absolute Gasteiger partial charge is 0.353 e. The molecule has 2 saturated heterocycles. The number of carbonyl (C=O) groups is 1. The minimum absolute atomic E-state index is 0.259. The van der Waals surface area contributed by atoms with Crippen molar-refractivity contribution in [2.45, 2.75) is 6.18 Å². The van der Waals surface area contributed by atoms with E-state index in [1.807, 2.05) is 12.1 Å². The van der Waals surface area contributed by atoms with Gasteiger partial charge in [0.15, 0.2) is 11.6 Å². The maximum Gasteiger partial charge on any atom is 0.416 e. The van der Waals surface area contributed by atoms with Crippen LogP contribution < -0.4 is 9.80 Å². The van der Waals surface area contributed by atoms with E-state index < -0.39 is 11.7 Å². The molecule has 166 valence electrons. The van der Waals surface area contributed by atoms with Crippen LogP contribution in [0.1, 0.15) is 15.9 Å². The molecule has 3 heterocycles. The van der Waals surface area contributed by atoms with Gasteiger partial charge in [0, 0.05) is 57.9 Å². The van der Waals surface area contributed by atoms with E-state index in [1.54, 1.807) is 4.90 Å². The Bertz CT molecular complexity index is 887. The molecule has 1 amide bonds. The van der Waals surface area contributed by atoms with Gasteiger partial charge < -0.3 is 19.6 Å². The maximum atomic E-state index is 12.7. The number of hydrogen-bond acceptors (Lipinski definition) is 6. The molecule has 2 aromatic rings. The molecule has 2 fully saturated rings. The summed E-state index contributed by atoms with van der Waals surface area (Å²) in [6.45, 7) is 5.98. The summed E-state index contributed by atoms with van der Waals surface area (Å²) < 4.78 is 38.1. The molecule has 0 N–H and O–H groups in total. The summed E-state index contributed by atoms with van der Waals surface area (Å²) in [6, 6.07) is 8.30. The lowest BCUT2D eigenvalue weighted by Crippen LogP contribution is -2.49. The Labute approximate surface area is 179 Å². The van der Waals surface area contributed by atoms with E-state index in [-0.39, 0.29) is 11.5 Å². The Hall–Kier alpha value is -2.88. The van der Waals surface area contributed by atoms with Crippen molar-refractivity contribution in [1.82, 2.24) is 20.0 Å². The van der Waals surface area contributed by atoms with Gasteiger partial charge in [-0.2, -0.15) is 13.2 Å². The molecule has 4 rings (SSSR count). The molecule has 31 heavy (non-hydrogen) atoms. The molecule has 0 aliphatic carbocycles. The standard InChI is InChI=1S/C21H25F3N6O/c1-27-8-10-28(11-9-27)18-6-7-19(26-25-18)29-12-14-30(15-13-29)20(31)16-2-4-17(5-3-16)21(22,23)24/h2-7H,8-15H2,1H3. The van der Waals surface area contributed by atoms with Crippen LogP contribution in [0, 0.1) is 0 Å². The van der Waals surface area contributed by atoms with Gasteiger partial charge in [0.2, 0.25) is 0 Å². The van der Waals surface area contributed by atoms with Crippen molar-refractivity contribution < 1.29 is 18.0 Å². The van der Waals surface area contributed by atoms with Crippen LogP contribution in [-0.2, 0) is 6.18 Å². The van der Waals surface area contributed by atoms with Crippen LogP contribution in [0.5, 0.6) is 0 Å². The third-order valence-corrected chi connectivity index (χ3v) is 5.81. The third-order valence-electron chi connectivity index (χ3n) is 5.81. The molecule has 2 aliphatic rings. The number of likely N-dealkylation sites (N-methyl/N-ethyl adjacent to an activating group) is 1. The van der Waals surface area contributed by atoms with Crippen molar-refractivity contribution in [3.05, 3.63) is 47.5 Å². The van der Waals surface area contributed by atoms with Crippen molar-refractivity contribution >= 4 is 17.5 Å². The fourth-order valence-electron chi connectivity index (χ4n) is 3.81. The first-order chi connectivity index (χ1) is 14.8. The SMILES string of the molecule is CN1CCN(c2ccc(N3CCN(C(=O)c4ccc(C(F)(F)F)cc4)CC3)nn2)CC1. The fraction of sp³-hybridized carbons (Fsp3) is 0.476. The lowest BCUT2D eigenvalue weighted by Gasteiger charge is -2.36. The number of carbonyl (C=O) groups excluding carboxylic acids is 1. The van der Waals surface area contributed by atoms with Crippen molar-refractivity contribution in [3.8, 4) is 0 Å². The Morgan fingerprint density at radius 1 is 0.774 bits per heavy atom. The average Bonchev–Trinajstić information content (AvgIpc) is 2.79. The van der Waals surface area contributed by atoms with Gasteiger partial charge in [0.05, 0.1) is 5.56 Å². The van der Waals surface area contributed by atoms with Crippen LogP contribution in [-0.4, -0.2) is 85.3 Å². The van der Waals surface area contributed by atoms with Crippen LogP contribution in [0.3, 0.4) is 0 Å². The predicted molar refractivity (Wildman–Crippen MR) is 111 cm³/mol. The predicted octanol–water partition coefficient (Wildman–Crippen LogP) is 2.21. The number of anilines is 2. The van der Waals surface area contributed by atoms with Crippen LogP contribution in [0.25, 0.3) is 0 Å². The summed E-state index contributed by atoms with van der Waals surface area (Å²) in [5.74, 6) is 1.37. The summed E-state index contributed by atoms with van der Waals surface area (Å²) in [5.41, 5.74) is -0.495. The molecular weight excluding hydrogens is 409 g/mol. The number of benzene rings is 1. The summed E-state index contributed by atoms with van der Waals surface area (Å²) >= 11 is 0. The number of rotatable bonds is 3. The molecule has 0 unspecified atom stereocenters. The van der Waals surface area contributed by atoms with E-state index in [4.69, 9.17) is 0 Å². The normalized spacial score (nSPS) is 18.4. The molecule has 1 aromatic heterocycles. The van der Waals surface area contributed by atoms with Crippen molar-refractivity contribution in [3.63, 3.8) is 0 Å². The number of alkyl halides is 3. The highest BCUT2D eigenvalue weighted by Crippen LogP contribution is 2.29. The highest BCUT2D eigenvalue weighted by molar-refractivity contribution is 5.94. The Morgan fingerprint density at radius 3 is 1.71 bits per heavy atom.